The second kappa shape index (κ2) is 7.16. The van der Waals surface area contributed by atoms with Crippen molar-refractivity contribution in [2.24, 2.45) is 0 Å². The highest BCUT2D eigenvalue weighted by Crippen LogP contribution is 2.31. The SMILES string of the molecule is Cc1ccc(CN2C(=O)CCC2C(=O)N(C)CC2(O)CCCC2)cc1. The predicted octanol–water partition coefficient (Wildman–Crippen LogP) is 2.25. The topological polar surface area (TPSA) is 60.9 Å². The van der Waals surface area contributed by atoms with Crippen LogP contribution in [-0.2, 0) is 16.1 Å². The third-order valence-electron chi connectivity index (χ3n) is 5.53. The molecule has 1 heterocycles. The summed E-state index contributed by atoms with van der Waals surface area (Å²) in [6.07, 6.45) is 4.51. The van der Waals surface area contributed by atoms with E-state index in [1.807, 2.05) is 31.2 Å². The second-order valence-corrected chi connectivity index (χ2v) is 7.69. The average Bonchev–Trinajstić information content (AvgIpc) is 3.16. The van der Waals surface area contributed by atoms with Crippen molar-refractivity contribution < 1.29 is 14.7 Å². The number of likely N-dealkylation sites (tertiary alicyclic amines) is 1. The van der Waals surface area contributed by atoms with Crippen molar-refractivity contribution in [3.05, 3.63) is 35.4 Å². The van der Waals surface area contributed by atoms with Crippen LogP contribution >= 0.6 is 0 Å². The number of benzene rings is 1. The van der Waals surface area contributed by atoms with Crippen LogP contribution in [0.15, 0.2) is 24.3 Å². The van der Waals surface area contributed by atoms with Crippen molar-refractivity contribution in [1.29, 1.82) is 0 Å². The van der Waals surface area contributed by atoms with Crippen LogP contribution < -0.4 is 0 Å². The summed E-state index contributed by atoms with van der Waals surface area (Å²) in [5, 5.41) is 10.6. The van der Waals surface area contributed by atoms with Crippen molar-refractivity contribution in [1.82, 2.24) is 9.80 Å². The van der Waals surface area contributed by atoms with Crippen molar-refractivity contribution in [2.75, 3.05) is 13.6 Å². The first-order valence-corrected chi connectivity index (χ1v) is 9.20. The van der Waals surface area contributed by atoms with Gasteiger partial charge in [-0.15, -0.1) is 0 Å². The fraction of sp³-hybridized carbons (Fsp3) is 0.600. The smallest absolute Gasteiger partial charge is 0.245 e. The molecule has 1 aromatic rings. The number of hydrogen-bond acceptors (Lipinski definition) is 3. The van der Waals surface area contributed by atoms with Crippen LogP contribution in [0.4, 0.5) is 0 Å². The van der Waals surface area contributed by atoms with Gasteiger partial charge in [0, 0.05) is 26.6 Å². The Morgan fingerprint density at radius 3 is 2.56 bits per heavy atom. The Morgan fingerprint density at radius 1 is 1.28 bits per heavy atom. The van der Waals surface area contributed by atoms with Gasteiger partial charge in [0.25, 0.3) is 0 Å². The molecule has 0 spiro atoms. The molecule has 2 aliphatic rings. The molecule has 5 heteroatoms. The van der Waals surface area contributed by atoms with Gasteiger partial charge in [-0.05, 0) is 31.7 Å². The minimum atomic E-state index is -0.755. The first-order chi connectivity index (χ1) is 11.9. The van der Waals surface area contributed by atoms with E-state index in [1.165, 1.54) is 5.56 Å². The van der Waals surface area contributed by atoms with E-state index >= 15 is 0 Å². The Bertz CT molecular complexity index is 635. The molecule has 2 fully saturated rings. The number of nitrogens with zero attached hydrogens (tertiary/aromatic N) is 2. The van der Waals surface area contributed by atoms with E-state index in [4.69, 9.17) is 0 Å². The molecule has 1 saturated carbocycles. The molecule has 1 atom stereocenters. The van der Waals surface area contributed by atoms with Gasteiger partial charge in [0.1, 0.15) is 6.04 Å². The molecule has 1 aliphatic heterocycles. The van der Waals surface area contributed by atoms with Crippen molar-refractivity contribution in [3.63, 3.8) is 0 Å². The first kappa shape index (κ1) is 17.9. The number of likely N-dealkylation sites (N-methyl/N-ethyl adjacent to an activating group) is 1. The lowest BCUT2D eigenvalue weighted by molar-refractivity contribution is -0.143. The molecule has 0 radical (unpaired) electrons. The number of amides is 2. The summed E-state index contributed by atoms with van der Waals surface area (Å²) in [5.41, 5.74) is 1.46. The van der Waals surface area contributed by atoms with Crippen LogP contribution in [0.2, 0.25) is 0 Å². The summed E-state index contributed by atoms with van der Waals surface area (Å²) in [5.74, 6) is -0.0230. The van der Waals surface area contributed by atoms with E-state index in [9.17, 15) is 14.7 Å². The van der Waals surface area contributed by atoms with Crippen molar-refractivity contribution in [3.8, 4) is 0 Å². The predicted molar refractivity (Wildman–Crippen MR) is 95.8 cm³/mol. The summed E-state index contributed by atoms with van der Waals surface area (Å²) in [4.78, 5) is 28.5. The van der Waals surface area contributed by atoms with E-state index in [0.717, 1.165) is 31.2 Å². The lowest BCUT2D eigenvalue weighted by atomic mass is 10.0. The fourth-order valence-electron chi connectivity index (χ4n) is 4.04. The summed E-state index contributed by atoms with van der Waals surface area (Å²) in [7, 11) is 1.74. The molecule has 5 nitrogen and oxygen atoms in total. The molecular formula is C20H28N2O3. The number of carbonyl (C=O) groups excluding carboxylic acids is 2. The molecule has 0 aromatic heterocycles. The van der Waals surface area contributed by atoms with E-state index in [1.54, 1.807) is 16.8 Å². The minimum Gasteiger partial charge on any atom is -0.388 e. The number of aryl methyl sites for hydroxylation is 1. The Balaban J connectivity index is 1.67. The van der Waals surface area contributed by atoms with Gasteiger partial charge in [0.15, 0.2) is 0 Å². The summed E-state index contributed by atoms with van der Waals surface area (Å²) < 4.78 is 0. The zero-order chi connectivity index (χ0) is 18.0. The van der Waals surface area contributed by atoms with E-state index < -0.39 is 11.6 Å². The number of carbonyl (C=O) groups is 2. The molecule has 3 rings (SSSR count). The van der Waals surface area contributed by atoms with Gasteiger partial charge in [-0.3, -0.25) is 9.59 Å². The fourth-order valence-corrected chi connectivity index (χ4v) is 4.04. The van der Waals surface area contributed by atoms with Crippen molar-refractivity contribution in [2.45, 2.75) is 63.6 Å². The number of rotatable bonds is 5. The summed E-state index contributed by atoms with van der Waals surface area (Å²) in [6.45, 7) is 2.85. The van der Waals surface area contributed by atoms with Crippen molar-refractivity contribution >= 4 is 11.8 Å². The maximum absolute atomic E-state index is 12.9. The van der Waals surface area contributed by atoms with Gasteiger partial charge in [-0.1, -0.05) is 42.7 Å². The highest BCUT2D eigenvalue weighted by molar-refractivity contribution is 5.90. The largest absolute Gasteiger partial charge is 0.388 e. The molecule has 1 aromatic carbocycles. The Morgan fingerprint density at radius 2 is 1.92 bits per heavy atom. The minimum absolute atomic E-state index is 0.0342. The Kier molecular flexibility index (Phi) is 5.13. The lowest BCUT2D eigenvalue weighted by Gasteiger charge is -2.32. The van der Waals surface area contributed by atoms with Crippen LogP contribution in [0, 0.1) is 6.92 Å². The first-order valence-electron chi connectivity index (χ1n) is 9.20. The molecule has 2 amide bonds. The normalized spacial score (nSPS) is 22.4. The van der Waals surface area contributed by atoms with Crippen LogP contribution in [-0.4, -0.2) is 52.0 Å². The molecular weight excluding hydrogens is 316 g/mol. The summed E-state index contributed by atoms with van der Waals surface area (Å²) >= 11 is 0. The zero-order valence-electron chi connectivity index (χ0n) is 15.2. The quantitative estimate of drug-likeness (QED) is 0.891. The van der Waals surface area contributed by atoms with Crippen LogP contribution in [0.1, 0.15) is 49.7 Å². The van der Waals surface area contributed by atoms with E-state index in [-0.39, 0.29) is 11.8 Å². The number of aliphatic hydroxyl groups is 1. The monoisotopic (exact) mass is 344 g/mol. The highest BCUT2D eigenvalue weighted by Gasteiger charge is 2.40. The van der Waals surface area contributed by atoms with E-state index in [0.29, 0.717) is 25.9 Å². The zero-order valence-corrected chi connectivity index (χ0v) is 15.2. The second-order valence-electron chi connectivity index (χ2n) is 7.69. The maximum atomic E-state index is 12.9. The van der Waals surface area contributed by atoms with Gasteiger partial charge in [-0.25, -0.2) is 0 Å². The van der Waals surface area contributed by atoms with Gasteiger partial charge >= 0.3 is 0 Å². The molecule has 1 aliphatic carbocycles. The van der Waals surface area contributed by atoms with E-state index in [2.05, 4.69) is 0 Å². The maximum Gasteiger partial charge on any atom is 0.245 e. The molecule has 1 unspecified atom stereocenters. The van der Waals surface area contributed by atoms with Crippen LogP contribution in [0.25, 0.3) is 0 Å². The third kappa shape index (κ3) is 4.03. The molecule has 1 saturated heterocycles. The summed E-state index contributed by atoms with van der Waals surface area (Å²) in [6, 6.07) is 7.65. The third-order valence-corrected chi connectivity index (χ3v) is 5.53. The molecule has 0 bridgehead atoms. The van der Waals surface area contributed by atoms with Crippen LogP contribution in [0.3, 0.4) is 0 Å². The van der Waals surface area contributed by atoms with Gasteiger partial charge < -0.3 is 14.9 Å². The standard InChI is InChI=1S/C20H28N2O3/c1-15-5-7-16(8-6-15)13-22-17(9-10-18(22)23)19(24)21(2)14-20(25)11-3-4-12-20/h5-8,17,25H,3-4,9-14H2,1-2H3. The number of hydrogen-bond donors (Lipinski definition) is 1. The van der Waals surface area contributed by atoms with Gasteiger partial charge in [-0.2, -0.15) is 0 Å². The average molecular weight is 344 g/mol. The highest BCUT2D eigenvalue weighted by atomic mass is 16.3. The van der Waals surface area contributed by atoms with Crippen LogP contribution in [0.5, 0.6) is 0 Å². The Hall–Kier alpha value is -1.88. The Labute approximate surface area is 149 Å². The lowest BCUT2D eigenvalue weighted by Crippen LogP contribution is -2.49. The van der Waals surface area contributed by atoms with Gasteiger partial charge in [0.05, 0.1) is 5.60 Å². The van der Waals surface area contributed by atoms with Gasteiger partial charge in [0.2, 0.25) is 11.8 Å². The molecule has 1 N–H and O–H groups in total. The molecule has 25 heavy (non-hydrogen) atoms. The molecule has 136 valence electrons.